The third-order valence-electron chi connectivity index (χ3n) is 13.2. The number of allylic oxidation sites excluding steroid dienone is 28. The number of quaternary nitrogens is 1. The molecule has 0 heterocycles. The van der Waals surface area contributed by atoms with E-state index in [-0.39, 0.29) is 32.0 Å². The number of carbonyl (C=O) groups excluding carboxylic acids is 2. The van der Waals surface area contributed by atoms with E-state index in [1.54, 1.807) is 0 Å². The van der Waals surface area contributed by atoms with E-state index in [1.165, 1.54) is 38.5 Å². The van der Waals surface area contributed by atoms with E-state index in [0.717, 1.165) is 161 Å². The van der Waals surface area contributed by atoms with Gasteiger partial charge in [-0.2, -0.15) is 0 Å². The van der Waals surface area contributed by atoms with E-state index in [9.17, 15) is 19.0 Å². The molecule has 0 saturated heterocycles. The molecule has 2 atom stereocenters. The van der Waals surface area contributed by atoms with Crippen molar-refractivity contribution in [2.24, 2.45) is 0 Å². The molecule has 1 N–H and O–H groups in total. The lowest BCUT2D eigenvalue weighted by Crippen LogP contribution is -2.37. The third kappa shape index (κ3) is 66.5. The van der Waals surface area contributed by atoms with E-state index >= 15 is 0 Å². The van der Waals surface area contributed by atoms with Gasteiger partial charge in [0.25, 0.3) is 0 Å². The summed E-state index contributed by atoms with van der Waals surface area (Å²) in [5.41, 5.74) is 0. The van der Waals surface area contributed by atoms with Crippen LogP contribution in [0.2, 0.25) is 0 Å². The molecule has 2 unspecified atom stereocenters. The molecule has 0 aliphatic rings. The molecular weight excluding hydrogens is 1060 g/mol. The van der Waals surface area contributed by atoms with Gasteiger partial charge in [-0.3, -0.25) is 18.6 Å². The van der Waals surface area contributed by atoms with E-state index in [0.29, 0.717) is 17.4 Å². The molecule has 0 aliphatic carbocycles. The van der Waals surface area contributed by atoms with Crippen LogP contribution < -0.4 is 0 Å². The van der Waals surface area contributed by atoms with Gasteiger partial charge in [0.05, 0.1) is 27.7 Å². The van der Waals surface area contributed by atoms with Gasteiger partial charge in [0.2, 0.25) is 0 Å². The van der Waals surface area contributed by atoms with Crippen LogP contribution in [0.4, 0.5) is 0 Å². The molecule has 474 valence electrons. The maximum absolute atomic E-state index is 12.9. The topological polar surface area (TPSA) is 108 Å². The van der Waals surface area contributed by atoms with E-state index in [4.69, 9.17) is 18.5 Å². The summed E-state index contributed by atoms with van der Waals surface area (Å²) in [5.74, 6) is -0.830. The Balaban J connectivity index is 4.20. The van der Waals surface area contributed by atoms with E-state index < -0.39 is 26.5 Å². The average molecular weight is 1180 g/mol. The quantitative estimate of drug-likeness (QED) is 0.0211. The van der Waals surface area contributed by atoms with Crippen LogP contribution in [0.15, 0.2) is 170 Å². The minimum atomic E-state index is -4.41. The lowest BCUT2D eigenvalue weighted by molar-refractivity contribution is -0.870. The number of hydrogen-bond acceptors (Lipinski definition) is 7. The first-order valence-corrected chi connectivity index (χ1v) is 34.4. The van der Waals surface area contributed by atoms with Gasteiger partial charge in [0, 0.05) is 12.8 Å². The van der Waals surface area contributed by atoms with Gasteiger partial charge in [0.1, 0.15) is 19.8 Å². The van der Waals surface area contributed by atoms with Crippen LogP contribution in [0.25, 0.3) is 0 Å². The number of likely N-dealkylation sites (N-methyl/N-ethyl adjacent to an activating group) is 1. The minimum absolute atomic E-state index is 0.0184. The summed E-state index contributed by atoms with van der Waals surface area (Å²) in [4.78, 5) is 35.8. The van der Waals surface area contributed by atoms with Crippen LogP contribution in [0, 0.1) is 0 Å². The van der Waals surface area contributed by atoms with Crippen molar-refractivity contribution in [1.29, 1.82) is 0 Å². The first-order chi connectivity index (χ1) is 41.0. The normalized spacial score (nSPS) is 14.3. The van der Waals surface area contributed by atoms with E-state index in [1.807, 2.05) is 21.1 Å². The van der Waals surface area contributed by atoms with Crippen molar-refractivity contribution in [3.63, 3.8) is 0 Å². The summed E-state index contributed by atoms with van der Waals surface area (Å²) >= 11 is 0. The summed E-state index contributed by atoms with van der Waals surface area (Å²) < 4.78 is 34.6. The molecule has 84 heavy (non-hydrogen) atoms. The van der Waals surface area contributed by atoms with Crippen LogP contribution in [-0.4, -0.2) is 74.9 Å². The molecule has 0 saturated carbocycles. The van der Waals surface area contributed by atoms with Crippen molar-refractivity contribution in [3.8, 4) is 0 Å². The van der Waals surface area contributed by atoms with Gasteiger partial charge in [-0.05, 0) is 128 Å². The number of unbranched alkanes of at least 4 members (excludes halogenated alkanes) is 16. The first-order valence-electron chi connectivity index (χ1n) is 32.9. The summed E-state index contributed by atoms with van der Waals surface area (Å²) in [5, 5.41) is 0. The zero-order chi connectivity index (χ0) is 61.2. The maximum atomic E-state index is 12.9. The molecule has 0 fully saturated rings. The average Bonchev–Trinajstić information content (AvgIpc) is 3.61. The standard InChI is InChI=1S/C74H120NO8P/c1-6-8-10-12-14-16-18-20-22-24-26-28-30-31-32-33-34-35-36-37-38-39-40-41-42-43-45-47-49-51-53-55-57-59-61-63-65-67-74(77)83-72(71-82-84(78,79)81-69-68-75(3,4)5)70-80-73(76)66-64-62-60-58-56-54-52-50-48-46-44-29-27-25-23-21-19-17-15-13-11-9-7-2/h8-11,14-17,20-23,26-29,31-32,34-35,37-38,40-41,43,45,49,51,72H,6-7,12-13,18-19,24-25,30,33,36,39,42,44,46-48,50,52-71H2,1-5H3/p+1/b10-8-,11-9-,16-14-,17-15-,22-20-,23-21-,28-26-,29-27-,32-31-,35-34-,38-37-,41-40-,45-43-,51-49-. The second-order valence-corrected chi connectivity index (χ2v) is 23.8. The van der Waals surface area contributed by atoms with Crippen LogP contribution in [0.5, 0.6) is 0 Å². The zero-order valence-electron chi connectivity index (χ0n) is 53.8. The monoisotopic (exact) mass is 1180 g/mol. The highest BCUT2D eigenvalue weighted by Gasteiger charge is 2.27. The largest absolute Gasteiger partial charge is 0.472 e. The molecule has 10 heteroatoms. The summed E-state index contributed by atoms with van der Waals surface area (Å²) in [6, 6.07) is 0. The van der Waals surface area contributed by atoms with E-state index in [2.05, 4.69) is 184 Å². The molecule has 0 aromatic heterocycles. The van der Waals surface area contributed by atoms with Crippen molar-refractivity contribution in [2.75, 3.05) is 47.5 Å². The highest BCUT2D eigenvalue weighted by molar-refractivity contribution is 7.47. The number of esters is 2. The van der Waals surface area contributed by atoms with Crippen LogP contribution in [-0.2, 0) is 32.7 Å². The third-order valence-corrected chi connectivity index (χ3v) is 14.2. The van der Waals surface area contributed by atoms with Crippen LogP contribution in [0.3, 0.4) is 0 Å². The number of hydrogen-bond donors (Lipinski definition) is 1. The molecular formula is C74H121NO8P+. The van der Waals surface area contributed by atoms with Gasteiger partial charge in [0.15, 0.2) is 6.10 Å². The second kappa shape index (κ2) is 62.9. The molecule has 0 aliphatic heterocycles. The molecule has 0 bridgehead atoms. The Morgan fingerprint density at radius 2 is 0.643 bits per heavy atom. The summed E-state index contributed by atoms with van der Waals surface area (Å²) in [6.45, 7) is 4.17. The lowest BCUT2D eigenvalue weighted by Gasteiger charge is -2.24. The van der Waals surface area contributed by atoms with Gasteiger partial charge < -0.3 is 18.9 Å². The Bertz CT molecular complexity index is 2020. The SMILES string of the molecule is CC/C=C\C/C=C\C/C=C\C/C=C\C/C=C\C/C=C\C/C=C\C/C=C\C/C=C\C/C=C\CCCCCCCCC(=O)OC(COC(=O)CCCCCCCCCCCC/C=C\C/C=C\C/C=C\C/C=C\CC)COP(=O)(O)OCC[N+](C)(C)C. The molecule has 0 amide bonds. The van der Waals surface area contributed by atoms with Crippen molar-refractivity contribution in [1.82, 2.24) is 0 Å². The highest BCUT2D eigenvalue weighted by Crippen LogP contribution is 2.43. The number of phosphoric ester groups is 1. The van der Waals surface area contributed by atoms with Gasteiger partial charge in [-0.25, -0.2) is 4.57 Å². The van der Waals surface area contributed by atoms with Gasteiger partial charge >= 0.3 is 19.8 Å². The Hall–Kier alpha value is -4.63. The molecule has 0 aromatic rings. The van der Waals surface area contributed by atoms with Gasteiger partial charge in [-0.1, -0.05) is 261 Å². The highest BCUT2D eigenvalue weighted by atomic mass is 31.2. The Labute approximate surface area is 515 Å². The second-order valence-electron chi connectivity index (χ2n) is 22.4. The minimum Gasteiger partial charge on any atom is -0.462 e. The molecule has 0 spiro atoms. The smallest absolute Gasteiger partial charge is 0.462 e. The van der Waals surface area contributed by atoms with Crippen molar-refractivity contribution >= 4 is 19.8 Å². The fraction of sp³-hybridized carbons (Fsp3) is 0.595. The number of carbonyl (C=O) groups is 2. The predicted molar refractivity (Wildman–Crippen MR) is 362 cm³/mol. The van der Waals surface area contributed by atoms with Crippen molar-refractivity contribution < 1.29 is 42.1 Å². The Morgan fingerprint density at radius 1 is 0.369 bits per heavy atom. The van der Waals surface area contributed by atoms with Crippen molar-refractivity contribution in [2.45, 2.75) is 238 Å². The number of rotatable bonds is 58. The van der Waals surface area contributed by atoms with Crippen LogP contribution >= 0.6 is 7.82 Å². The molecule has 0 aromatic carbocycles. The fourth-order valence-corrected chi connectivity index (χ4v) is 9.01. The molecule has 0 rings (SSSR count). The van der Waals surface area contributed by atoms with Crippen molar-refractivity contribution in [3.05, 3.63) is 170 Å². The first kappa shape index (κ1) is 79.4. The van der Waals surface area contributed by atoms with Gasteiger partial charge in [-0.15, -0.1) is 0 Å². The van der Waals surface area contributed by atoms with Crippen LogP contribution in [0.1, 0.15) is 232 Å². The maximum Gasteiger partial charge on any atom is 0.472 e. The fourth-order valence-electron chi connectivity index (χ4n) is 8.27. The summed E-state index contributed by atoms with van der Waals surface area (Å²) in [6.07, 6.45) is 95.8. The summed E-state index contributed by atoms with van der Waals surface area (Å²) in [7, 11) is 1.44. The Morgan fingerprint density at radius 3 is 0.952 bits per heavy atom. The lowest BCUT2D eigenvalue weighted by atomic mass is 10.1. The Kier molecular flexibility index (Phi) is 59.4. The number of ether oxygens (including phenoxy) is 2. The number of nitrogens with zero attached hydrogens (tertiary/aromatic N) is 1. The molecule has 9 nitrogen and oxygen atoms in total. The molecule has 0 radical (unpaired) electrons. The zero-order valence-corrected chi connectivity index (χ0v) is 54.7. The predicted octanol–water partition coefficient (Wildman–Crippen LogP) is 21.4. The number of phosphoric acid groups is 1.